The summed E-state index contributed by atoms with van der Waals surface area (Å²) in [6.07, 6.45) is 0. The standard InChI is InChI=1S/C58H41N3/c1-58(2)53-29-12-11-28-49(53)52-36-50(46-31-30-39-18-9-10-21-41(39)32-46)51(37-54(52)58)45-25-13-23-43(33-45)44-24-15-27-48(35-44)57-60-55(40-19-7-4-8-20-40)59-56(61-57)47-26-14-22-42(34-47)38-16-5-3-6-17-38/h3-37H,1-2H3. The van der Waals surface area contributed by atoms with Crippen LogP contribution in [0.2, 0.25) is 0 Å². The van der Waals surface area contributed by atoms with Crippen molar-refractivity contribution in [1.82, 2.24) is 15.0 Å². The van der Waals surface area contributed by atoms with Gasteiger partial charge >= 0.3 is 0 Å². The molecule has 0 saturated carbocycles. The van der Waals surface area contributed by atoms with Crippen LogP contribution in [0.25, 0.3) is 101 Å². The van der Waals surface area contributed by atoms with Gasteiger partial charge in [0.2, 0.25) is 0 Å². The first-order chi connectivity index (χ1) is 30.0. The van der Waals surface area contributed by atoms with E-state index in [1.807, 2.05) is 24.3 Å². The molecule has 9 aromatic carbocycles. The van der Waals surface area contributed by atoms with Gasteiger partial charge in [-0.2, -0.15) is 0 Å². The summed E-state index contributed by atoms with van der Waals surface area (Å²) in [6.45, 7) is 4.71. The van der Waals surface area contributed by atoms with Gasteiger partial charge in [-0.25, -0.2) is 15.0 Å². The third-order valence-electron chi connectivity index (χ3n) is 12.3. The quantitative estimate of drug-likeness (QED) is 0.162. The second kappa shape index (κ2) is 14.8. The molecule has 10 aromatic rings. The first kappa shape index (κ1) is 36.3. The Labute approximate surface area is 356 Å². The lowest BCUT2D eigenvalue weighted by atomic mass is 9.80. The van der Waals surface area contributed by atoms with Crippen LogP contribution in [0.1, 0.15) is 25.0 Å². The van der Waals surface area contributed by atoms with Crippen molar-refractivity contribution in [3.8, 4) is 89.8 Å². The number of rotatable bonds is 7. The Morgan fingerprint density at radius 3 is 1.39 bits per heavy atom. The number of hydrogen-bond acceptors (Lipinski definition) is 3. The number of fused-ring (bicyclic) bond motifs is 4. The van der Waals surface area contributed by atoms with Gasteiger partial charge in [0, 0.05) is 22.1 Å². The normalized spacial score (nSPS) is 12.6. The minimum atomic E-state index is -0.126. The lowest BCUT2D eigenvalue weighted by Crippen LogP contribution is -2.15. The smallest absolute Gasteiger partial charge is 0.164 e. The van der Waals surface area contributed by atoms with Crippen LogP contribution in [0.4, 0.5) is 0 Å². The summed E-state index contributed by atoms with van der Waals surface area (Å²) in [5.74, 6) is 1.91. The van der Waals surface area contributed by atoms with Crippen LogP contribution >= 0.6 is 0 Å². The summed E-state index contributed by atoms with van der Waals surface area (Å²) in [5.41, 5.74) is 17.4. The van der Waals surface area contributed by atoms with E-state index in [0.717, 1.165) is 38.9 Å². The molecule has 1 aliphatic rings. The van der Waals surface area contributed by atoms with Gasteiger partial charge in [-0.15, -0.1) is 0 Å². The van der Waals surface area contributed by atoms with Crippen molar-refractivity contribution in [2.24, 2.45) is 0 Å². The van der Waals surface area contributed by atoms with Crippen molar-refractivity contribution in [2.45, 2.75) is 19.3 Å². The third-order valence-corrected chi connectivity index (χ3v) is 12.3. The van der Waals surface area contributed by atoms with E-state index < -0.39 is 0 Å². The van der Waals surface area contributed by atoms with Crippen LogP contribution in [0, 0.1) is 0 Å². The monoisotopic (exact) mass is 779 g/mol. The van der Waals surface area contributed by atoms with Crippen molar-refractivity contribution in [3.63, 3.8) is 0 Å². The van der Waals surface area contributed by atoms with Gasteiger partial charge in [-0.1, -0.05) is 190 Å². The fourth-order valence-corrected chi connectivity index (χ4v) is 9.11. The molecule has 1 aliphatic carbocycles. The van der Waals surface area contributed by atoms with E-state index in [9.17, 15) is 0 Å². The lowest BCUT2D eigenvalue weighted by Gasteiger charge is -2.23. The highest BCUT2D eigenvalue weighted by molar-refractivity contribution is 5.96. The maximum absolute atomic E-state index is 5.14. The zero-order valence-electron chi connectivity index (χ0n) is 34.0. The van der Waals surface area contributed by atoms with Crippen molar-refractivity contribution in [2.75, 3.05) is 0 Å². The first-order valence-electron chi connectivity index (χ1n) is 20.9. The zero-order chi connectivity index (χ0) is 40.9. The molecule has 1 aromatic heterocycles. The Kier molecular flexibility index (Phi) is 8.82. The second-order valence-corrected chi connectivity index (χ2v) is 16.5. The van der Waals surface area contributed by atoms with E-state index in [2.05, 4.69) is 202 Å². The maximum atomic E-state index is 5.14. The fraction of sp³-hybridized carbons (Fsp3) is 0.0517. The van der Waals surface area contributed by atoms with Gasteiger partial charge in [0.15, 0.2) is 17.5 Å². The van der Waals surface area contributed by atoms with E-state index in [4.69, 9.17) is 15.0 Å². The van der Waals surface area contributed by atoms with Gasteiger partial charge in [0.1, 0.15) is 0 Å². The molecular formula is C58H41N3. The summed E-state index contributed by atoms with van der Waals surface area (Å²) in [7, 11) is 0. The molecule has 0 spiro atoms. The van der Waals surface area contributed by atoms with Gasteiger partial charge in [0.05, 0.1) is 0 Å². The van der Waals surface area contributed by atoms with Crippen molar-refractivity contribution < 1.29 is 0 Å². The van der Waals surface area contributed by atoms with Gasteiger partial charge in [-0.05, 0) is 114 Å². The van der Waals surface area contributed by atoms with Crippen molar-refractivity contribution >= 4 is 10.8 Å². The summed E-state index contributed by atoms with van der Waals surface area (Å²) < 4.78 is 0. The second-order valence-electron chi connectivity index (χ2n) is 16.5. The molecule has 0 radical (unpaired) electrons. The van der Waals surface area contributed by atoms with Gasteiger partial charge < -0.3 is 0 Å². The Morgan fingerprint density at radius 2 is 0.721 bits per heavy atom. The first-order valence-corrected chi connectivity index (χ1v) is 20.9. The van der Waals surface area contributed by atoms with Crippen LogP contribution in [0.3, 0.4) is 0 Å². The average Bonchev–Trinajstić information content (AvgIpc) is 3.56. The number of aromatic nitrogens is 3. The molecule has 61 heavy (non-hydrogen) atoms. The largest absolute Gasteiger partial charge is 0.208 e. The van der Waals surface area contributed by atoms with Gasteiger partial charge in [-0.3, -0.25) is 0 Å². The highest BCUT2D eigenvalue weighted by Gasteiger charge is 2.36. The molecule has 0 fully saturated rings. The van der Waals surface area contributed by atoms with Crippen LogP contribution in [0.5, 0.6) is 0 Å². The SMILES string of the molecule is CC1(C)c2ccccc2-c2cc(-c3ccc4ccccc4c3)c(-c3cccc(-c4cccc(-c5nc(-c6ccccc6)nc(-c6cccc(-c7ccccc7)c6)n5)c4)c3)cc21. The molecular weight excluding hydrogens is 739 g/mol. The minimum absolute atomic E-state index is 0.126. The molecule has 0 saturated heterocycles. The van der Waals surface area contributed by atoms with Crippen LogP contribution in [0.15, 0.2) is 212 Å². The van der Waals surface area contributed by atoms with E-state index in [0.29, 0.717) is 17.5 Å². The van der Waals surface area contributed by atoms with E-state index in [-0.39, 0.29) is 5.41 Å². The van der Waals surface area contributed by atoms with E-state index >= 15 is 0 Å². The minimum Gasteiger partial charge on any atom is -0.208 e. The zero-order valence-corrected chi connectivity index (χ0v) is 34.0. The summed E-state index contributed by atoms with van der Waals surface area (Å²) in [4.78, 5) is 15.3. The molecule has 0 amide bonds. The average molecular weight is 780 g/mol. The molecule has 288 valence electrons. The highest BCUT2D eigenvalue weighted by atomic mass is 15.0. The molecule has 0 bridgehead atoms. The van der Waals surface area contributed by atoms with Crippen LogP contribution in [-0.4, -0.2) is 15.0 Å². The molecule has 0 N–H and O–H groups in total. The van der Waals surface area contributed by atoms with Crippen molar-refractivity contribution in [3.05, 3.63) is 223 Å². The Bertz CT molecular complexity index is 3280. The van der Waals surface area contributed by atoms with Crippen LogP contribution < -0.4 is 0 Å². The number of nitrogens with zero attached hydrogens (tertiary/aromatic N) is 3. The maximum Gasteiger partial charge on any atom is 0.164 e. The number of hydrogen-bond donors (Lipinski definition) is 0. The molecule has 1 heterocycles. The molecule has 0 aliphatic heterocycles. The summed E-state index contributed by atoms with van der Waals surface area (Å²) in [5, 5.41) is 2.47. The highest BCUT2D eigenvalue weighted by Crippen LogP contribution is 2.52. The Hall–Kier alpha value is -7.75. The van der Waals surface area contributed by atoms with E-state index in [1.165, 1.54) is 55.3 Å². The third kappa shape index (κ3) is 6.61. The van der Waals surface area contributed by atoms with E-state index in [1.54, 1.807) is 0 Å². The summed E-state index contributed by atoms with van der Waals surface area (Å²) in [6, 6.07) is 75.9. The predicted molar refractivity (Wildman–Crippen MR) is 253 cm³/mol. The molecule has 3 heteroatoms. The molecule has 3 nitrogen and oxygen atoms in total. The van der Waals surface area contributed by atoms with Gasteiger partial charge in [0.25, 0.3) is 0 Å². The summed E-state index contributed by atoms with van der Waals surface area (Å²) >= 11 is 0. The molecule has 0 unspecified atom stereocenters. The van der Waals surface area contributed by atoms with Crippen LogP contribution in [-0.2, 0) is 5.41 Å². The predicted octanol–water partition coefficient (Wildman–Crippen LogP) is 15.0. The molecule has 0 atom stereocenters. The van der Waals surface area contributed by atoms with Crippen molar-refractivity contribution in [1.29, 1.82) is 0 Å². The Morgan fingerprint density at radius 1 is 0.262 bits per heavy atom. The fourth-order valence-electron chi connectivity index (χ4n) is 9.11. The number of benzene rings is 9. The topological polar surface area (TPSA) is 38.7 Å². The lowest BCUT2D eigenvalue weighted by molar-refractivity contribution is 0.660. The molecule has 11 rings (SSSR count). The Balaban J connectivity index is 1.03.